The number of anilines is 1. The largest absolute Gasteiger partial charge is 0.389 e. The Morgan fingerprint density at radius 3 is 2.73 bits per heavy atom. The quantitative estimate of drug-likeness (QED) is 0.798. The number of nitrogens with one attached hydrogen (secondary N) is 1. The van der Waals surface area contributed by atoms with Crippen LogP contribution in [0.15, 0.2) is 18.2 Å². The number of hydrogen-bond acceptors (Lipinski definition) is 2. The average Bonchev–Trinajstić information content (AvgIpc) is 2.82. The van der Waals surface area contributed by atoms with E-state index in [1.165, 1.54) is 12.8 Å². The maximum atomic E-state index is 5.95. The van der Waals surface area contributed by atoms with Crippen molar-refractivity contribution in [1.29, 1.82) is 0 Å². The molecule has 0 radical (unpaired) electrons. The van der Waals surface area contributed by atoms with Gasteiger partial charge in [-0.3, -0.25) is 0 Å². The van der Waals surface area contributed by atoms with Crippen molar-refractivity contribution in [1.82, 2.24) is 0 Å². The highest BCUT2D eigenvalue weighted by atomic mass is 35.5. The van der Waals surface area contributed by atoms with Crippen molar-refractivity contribution in [2.24, 2.45) is 5.73 Å². The summed E-state index contributed by atoms with van der Waals surface area (Å²) < 4.78 is 0. The highest BCUT2D eigenvalue weighted by Gasteiger charge is 2.37. The van der Waals surface area contributed by atoms with Crippen molar-refractivity contribution >= 4 is 34.5 Å². The lowest BCUT2D eigenvalue weighted by molar-refractivity contribution is 0.829. The van der Waals surface area contributed by atoms with Gasteiger partial charge < -0.3 is 11.1 Å². The van der Waals surface area contributed by atoms with E-state index in [1.54, 1.807) is 6.07 Å². The van der Waals surface area contributed by atoms with Gasteiger partial charge in [-0.25, -0.2) is 0 Å². The third kappa shape index (κ3) is 2.41. The minimum Gasteiger partial charge on any atom is -0.389 e. The van der Waals surface area contributed by atoms with Crippen LogP contribution in [0, 0.1) is 0 Å². The second kappa shape index (κ2) is 3.65. The lowest BCUT2D eigenvalue weighted by Gasteiger charge is -2.16. The van der Waals surface area contributed by atoms with Crippen molar-refractivity contribution in [2.75, 3.05) is 5.32 Å². The van der Waals surface area contributed by atoms with Crippen molar-refractivity contribution in [3.8, 4) is 0 Å². The van der Waals surface area contributed by atoms with E-state index in [4.69, 9.17) is 29.6 Å². The average molecular weight is 241 g/mol. The summed E-state index contributed by atoms with van der Waals surface area (Å²) in [5.41, 5.74) is 7.65. The molecule has 2 nitrogen and oxygen atoms in total. The molecule has 1 aromatic rings. The lowest BCUT2D eigenvalue weighted by atomic mass is 10.1. The fourth-order valence-electron chi connectivity index (χ4n) is 1.47. The fourth-order valence-corrected chi connectivity index (χ4v) is 1.82. The van der Waals surface area contributed by atoms with Crippen molar-refractivity contribution in [2.45, 2.75) is 25.3 Å². The minimum atomic E-state index is 0.199. The van der Waals surface area contributed by atoms with Crippen LogP contribution in [0.2, 0.25) is 5.02 Å². The van der Waals surface area contributed by atoms with Crippen LogP contribution in [0.3, 0.4) is 0 Å². The van der Waals surface area contributed by atoms with Crippen LogP contribution in [-0.4, -0.2) is 10.5 Å². The van der Waals surface area contributed by atoms with Crippen LogP contribution in [0.1, 0.15) is 25.3 Å². The van der Waals surface area contributed by atoms with Crippen LogP contribution in [-0.2, 0) is 0 Å². The molecule has 0 saturated heterocycles. The Kier molecular flexibility index (Phi) is 2.61. The molecule has 0 amide bonds. The molecule has 0 spiro atoms. The topological polar surface area (TPSA) is 38.0 Å². The summed E-state index contributed by atoms with van der Waals surface area (Å²) in [5, 5.41) is 4.13. The Morgan fingerprint density at radius 2 is 2.20 bits per heavy atom. The Labute approximate surface area is 99.8 Å². The first-order valence-corrected chi connectivity index (χ1v) is 5.66. The lowest BCUT2D eigenvalue weighted by Crippen LogP contribution is -2.20. The van der Waals surface area contributed by atoms with Gasteiger partial charge in [-0.15, -0.1) is 0 Å². The van der Waals surface area contributed by atoms with Crippen molar-refractivity contribution in [3.05, 3.63) is 28.8 Å². The van der Waals surface area contributed by atoms with E-state index >= 15 is 0 Å². The molecule has 0 aliphatic heterocycles. The van der Waals surface area contributed by atoms with Gasteiger partial charge in [-0.2, -0.15) is 0 Å². The summed E-state index contributed by atoms with van der Waals surface area (Å²) in [6.07, 6.45) is 2.35. The number of benzene rings is 1. The maximum absolute atomic E-state index is 5.95. The standard InChI is InChI=1S/C11H13ClN2S/c1-11(4-5-11)14-9-6-7(12)2-3-8(9)10(13)15/h2-3,6,14H,4-5H2,1H3,(H2,13,15). The van der Waals surface area contributed by atoms with Crippen LogP contribution in [0.25, 0.3) is 0 Å². The number of rotatable bonds is 3. The summed E-state index contributed by atoms with van der Waals surface area (Å²) in [6, 6.07) is 5.54. The predicted octanol–water partition coefficient (Wildman–Crippen LogP) is 2.94. The van der Waals surface area contributed by atoms with Gasteiger partial charge in [0.25, 0.3) is 0 Å². The fraction of sp³-hybridized carbons (Fsp3) is 0.364. The molecule has 1 aliphatic rings. The van der Waals surface area contributed by atoms with Gasteiger partial charge in [0, 0.05) is 21.8 Å². The molecule has 1 aromatic carbocycles. The number of thiocarbonyl (C=S) groups is 1. The summed E-state index contributed by atoms with van der Waals surface area (Å²) in [4.78, 5) is 0.401. The molecule has 0 bridgehead atoms. The molecule has 0 atom stereocenters. The molecule has 80 valence electrons. The molecule has 0 heterocycles. The highest BCUT2D eigenvalue weighted by Crippen LogP contribution is 2.39. The van der Waals surface area contributed by atoms with Gasteiger partial charge in [0.2, 0.25) is 0 Å². The molecular formula is C11H13ClN2S. The summed E-state index contributed by atoms with van der Waals surface area (Å²) in [5.74, 6) is 0. The molecule has 1 fully saturated rings. The van der Waals surface area contributed by atoms with Crippen LogP contribution in [0.5, 0.6) is 0 Å². The van der Waals surface area contributed by atoms with E-state index < -0.39 is 0 Å². The normalized spacial score (nSPS) is 17.2. The molecule has 1 aliphatic carbocycles. The Morgan fingerprint density at radius 1 is 1.53 bits per heavy atom. The van der Waals surface area contributed by atoms with E-state index in [2.05, 4.69) is 12.2 Å². The zero-order chi connectivity index (χ0) is 11.1. The zero-order valence-corrected chi connectivity index (χ0v) is 10.1. The second-order valence-corrected chi connectivity index (χ2v) is 5.12. The highest BCUT2D eigenvalue weighted by molar-refractivity contribution is 7.80. The number of halogens is 1. The first kappa shape index (κ1) is 10.7. The third-order valence-electron chi connectivity index (χ3n) is 2.68. The molecule has 0 unspecified atom stereocenters. The van der Waals surface area contributed by atoms with Gasteiger partial charge in [-0.1, -0.05) is 23.8 Å². The van der Waals surface area contributed by atoms with Crippen molar-refractivity contribution in [3.63, 3.8) is 0 Å². The van der Waals surface area contributed by atoms with E-state index in [-0.39, 0.29) is 5.54 Å². The van der Waals surface area contributed by atoms with Crippen LogP contribution < -0.4 is 11.1 Å². The Bertz CT molecular complexity index is 413. The summed E-state index contributed by atoms with van der Waals surface area (Å²) in [7, 11) is 0. The number of nitrogens with two attached hydrogens (primary N) is 1. The molecule has 4 heteroatoms. The van der Waals surface area contributed by atoms with Crippen LogP contribution in [0.4, 0.5) is 5.69 Å². The molecular weight excluding hydrogens is 228 g/mol. The smallest absolute Gasteiger partial charge is 0.106 e. The van der Waals surface area contributed by atoms with Gasteiger partial charge in [0.15, 0.2) is 0 Å². The Hall–Kier alpha value is -0.800. The second-order valence-electron chi connectivity index (χ2n) is 4.24. The van der Waals surface area contributed by atoms with E-state index in [9.17, 15) is 0 Å². The molecule has 2 rings (SSSR count). The van der Waals surface area contributed by atoms with E-state index in [1.807, 2.05) is 12.1 Å². The predicted molar refractivity (Wildman–Crippen MR) is 68.6 cm³/mol. The molecule has 0 aromatic heterocycles. The molecule has 1 saturated carbocycles. The van der Waals surface area contributed by atoms with Gasteiger partial charge >= 0.3 is 0 Å². The summed E-state index contributed by atoms with van der Waals surface area (Å²) in [6.45, 7) is 2.18. The van der Waals surface area contributed by atoms with Crippen LogP contribution >= 0.6 is 23.8 Å². The molecule has 3 N–H and O–H groups in total. The van der Waals surface area contributed by atoms with E-state index in [0.29, 0.717) is 10.0 Å². The SMILES string of the molecule is CC1(Nc2cc(Cl)ccc2C(N)=S)CC1. The van der Waals surface area contributed by atoms with Gasteiger partial charge in [-0.05, 0) is 38.0 Å². The third-order valence-corrected chi connectivity index (χ3v) is 3.14. The van der Waals surface area contributed by atoms with E-state index in [0.717, 1.165) is 11.3 Å². The summed E-state index contributed by atoms with van der Waals surface area (Å²) >= 11 is 10.9. The maximum Gasteiger partial charge on any atom is 0.106 e. The Balaban J connectivity index is 2.34. The monoisotopic (exact) mass is 240 g/mol. The first-order chi connectivity index (χ1) is 7.00. The molecule has 15 heavy (non-hydrogen) atoms. The van der Waals surface area contributed by atoms with Gasteiger partial charge in [0.05, 0.1) is 0 Å². The van der Waals surface area contributed by atoms with Gasteiger partial charge in [0.1, 0.15) is 4.99 Å². The minimum absolute atomic E-state index is 0.199. The number of hydrogen-bond donors (Lipinski definition) is 2. The van der Waals surface area contributed by atoms with Crippen molar-refractivity contribution < 1.29 is 0 Å². The first-order valence-electron chi connectivity index (χ1n) is 4.88. The zero-order valence-electron chi connectivity index (χ0n) is 8.51.